The van der Waals surface area contributed by atoms with E-state index in [1.165, 1.54) is 26.4 Å². The predicted molar refractivity (Wildman–Crippen MR) is 79.9 cm³/mol. The maximum Gasteiger partial charge on any atom is 0.338 e. The summed E-state index contributed by atoms with van der Waals surface area (Å²) in [5.41, 5.74) is 0.823. The van der Waals surface area contributed by atoms with Crippen LogP contribution in [0.2, 0.25) is 0 Å². The topological polar surface area (TPSA) is 72.9 Å². The maximum atomic E-state index is 12.2. The minimum Gasteiger partial charge on any atom is -0.465 e. The van der Waals surface area contributed by atoms with Crippen molar-refractivity contribution in [1.82, 2.24) is 0 Å². The highest BCUT2D eigenvalue weighted by Gasteiger charge is 2.23. The second-order valence-electron chi connectivity index (χ2n) is 5.07. The molecule has 118 valence electrons. The van der Waals surface area contributed by atoms with Crippen molar-refractivity contribution >= 4 is 23.5 Å². The third-order valence-corrected chi connectivity index (χ3v) is 3.70. The zero-order valence-corrected chi connectivity index (χ0v) is 12.8. The van der Waals surface area contributed by atoms with Gasteiger partial charge in [0, 0.05) is 18.7 Å². The number of esters is 2. The minimum atomic E-state index is -0.635. The first-order chi connectivity index (χ1) is 10.6. The van der Waals surface area contributed by atoms with Crippen molar-refractivity contribution in [2.45, 2.75) is 25.7 Å². The van der Waals surface area contributed by atoms with E-state index in [0.717, 1.165) is 19.3 Å². The Morgan fingerprint density at radius 1 is 1.00 bits per heavy atom. The molecule has 22 heavy (non-hydrogen) atoms. The van der Waals surface area contributed by atoms with Crippen LogP contribution in [0, 0.1) is 0 Å². The van der Waals surface area contributed by atoms with Gasteiger partial charge in [0.1, 0.15) is 0 Å². The molecule has 0 unspecified atom stereocenters. The van der Waals surface area contributed by atoms with E-state index in [0.29, 0.717) is 18.7 Å². The number of carbonyl (C=O) groups is 3. The van der Waals surface area contributed by atoms with Gasteiger partial charge in [0.15, 0.2) is 0 Å². The lowest BCUT2D eigenvalue weighted by molar-refractivity contribution is -0.118. The van der Waals surface area contributed by atoms with E-state index in [-0.39, 0.29) is 17.0 Å². The Kier molecular flexibility index (Phi) is 5.14. The molecule has 1 aromatic carbocycles. The number of hydrogen-bond acceptors (Lipinski definition) is 5. The third kappa shape index (κ3) is 3.27. The van der Waals surface area contributed by atoms with Gasteiger partial charge in [-0.05, 0) is 31.0 Å². The number of anilines is 1. The monoisotopic (exact) mass is 305 g/mol. The van der Waals surface area contributed by atoms with E-state index in [1.54, 1.807) is 11.0 Å². The highest BCUT2D eigenvalue weighted by Crippen LogP contribution is 2.24. The summed E-state index contributed by atoms with van der Waals surface area (Å²) in [6.07, 6.45) is 3.29. The summed E-state index contributed by atoms with van der Waals surface area (Å²) >= 11 is 0. The van der Waals surface area contributed by atoms with Gasteiger partial charge in [0.2, 0.25) is 5.91 Å². The molecule has 6 heteroatoms. The first-order valence-corrected chi connectivity index (χ1v) is 7.19. The van der Waals surface area contributed by atoms with Gasteiger partial charge in [-0.25, -0.2) is 9.59 Å². The molecule has 0 N–H and O–H groups in total. The fraction of sp³-hybridized carbons (Fsp3) is 0.438. The zero-order valence-electron chi connectivity index (χ0n) is 12.8. The van der Waals surface area contributed by atoms with Crippen LogP contribution in [0.1, 0.15) is 46.4 Å². The molecule has 2 rings (SSSR count). The van der Waals surface area contributed by atoms with Crippen molar-refractivity contribution < 1.29 is 23.9 Å². The van der Waals surface area contributed by atoms with E-state index in [4.69, 9.17) is 4.74 Å². The zero-order chi connectivity index (χ0) is 16.1. The number of ether oxygens (including phenoxy) is 2. The van der Waals surface area contributed by atoms with Gasteiger partial charge in [-0.1, -0.05) is 6.42 Å². The Hall–Kier alpha value is -2.37. The number of methoxy groups -OCH3 is 2. The molecule has 1 aliphatic heterocycles. The van der Waals surface area contributed by atoms with E-state index in [2.05, 4.69) is 4.74 Å². The Bertz CT molecular complexity index is 596. The van der Waals surface area contributed by atoms with Gasteiger partial charge in [0.05, 0.1) is 25.3 Å². The Balaban J connectivity index is 2.43. The largest absolute Gasteiger partial charge is 0.465 e. The van der Waals surface area contributed by atoms with E-state index in [1.807, 2.05) is 0 Å². The molecule has 0 aromatic heterocycles. The lowest BCUT2D eigenvalue weighted by Crippen LogP contribution is -2.30. The molecule has 0 atom stereocenters. The van der Waals surface area contributed by atoms with E-state index < -0.39 is 11.9 Å². The SMILES string of the molecule is COC(=O)c1ccc(N2CCCCCC2=O)cc1C(=O)OC. The van der Waals surface area contributed by atoms with Crippen molar-refractivity contribution in [2.75, 3.05) is 25.7 Å². The van der Waals surface area contributed by atoms with Crippen molar-refractivity contribution in [3.63, 3.8) is 0 Å². The molecule has 0 bridgehead atoms. The van der Waals surface area contributed by atoms with Crippen molar-refractivity contribution in [2.24, 2.45) is 0 Å². The summed E-state index contributed by atoms with van der Waals surface area (Å²) in [7, 11) is 2.49. The van der Waals surface area contributed by atoms with Crippen LogP contribution in [0.15, 0.2) is 18.2 Å². The molecule has 0 aliphatic carbocycles. The summed E-state index contributed by atoms with van der Waals surface area (Å²) in [6, 6.07) is 4.66. The summed E-state index contributed by atoms with van der Waals surface area (Å²) in [4.78, 5) is 37.5. The van der Waals surface area contributed by atoms with Crippen molar-refractivity contribution in [3.05, 3.63) is 29.3 Å². The summed E-state index contributed by atoms with van der Waals surface area (Å²) in [6.45, 7) is 0.608. The fourth-order valence-corrected chi connectivity index (χ4v) is 2.52. The number of rotatable bonds is 3. The number of hydrogen-bond donors (Lipinski definition) is 0. The maximum absolute atomic E-state index is 12.2. The smallest absolute Gasteiger partial charge is 0.338 e. The van der Waals surface area contributed by atoms with Crippen molar-refractivity contribution in [1.29, 1.82) is 0 Å². The lowest BCUT2D eigenvalue weighted by Gasteiger charge is -2.21. The standard InChI is InChI=1S/C16H19NO5/c1-21-15(19)12-8-7-11(10-13(12)16(20)22-2)17-9-5-3-4-6-14(17)18/h7-8,10H,3-6,9H2,1-2H3. The van der Waals surface area contributed by atoms with Gasteiger partial charge in [-0.2, -0.15) is 0 Å². The van der Waals surface area contributed by atoms with Crippen LogP contribution in [-0.4, -0.2) is 38.6 Å². The minimum absolute atomic E-state index is 0.0270. The summed E-state index contributed by atoms with van der Waals surface area (Å²) < 4.78 is 9.39. The molecule has 1 saturated heterocycles. The molecule has 1 heterocycles. The molecule has 0 saturated carbocycles. The first-order valence-electron chi connectivity index (χ1n) is 7.19. The van der Waals surface area contributed by atoms with Gasteiger partial charge in [-0.15, -0.1) is 0 Å². The van der Waals surface area contributed by atoms with Crippen LogP contribution in [-0.2, 0) is 14.3 Å². The summed E-state index contributed by atoms with van der Waals surface area (Å²) in [5, 5.41) is 0. The number of nitrogens with zero attached hydrogens (tertiary/aromatic N) is 1. The van der Waals surface area contributed by atoms with E-state index >= 15 is 0 Å². The normalized spacial score (nSPS) is 15.2. The fourth-order valence-electron chi connectivity index (χ4n) is 2.52. The van der Waals surface area contributed by atoms with Gasteiger partial charge >= 0.3 is 11.9 Å². The van der Waals surface area contributed by atoms with Gasteiger partial charge in [-0.3, -0.25) is 4.79 Å². The van der Waals surface area contributed by atoms with Crippen LogP contribution >= 0.6 is 0 Å². The molecule has 6 nitrogen and oxygen atoms in total. The molecule has 1 fully saturated rings. The van der Waals surface area contributed by atoms with Crippen LogP contribution < -0.4 is 4.90 Å². The first kappa shape index (κ1) is 16.0. The molecule has 1 aromatic rings. The van der Waals surface area contributed by atoms with Crippen LogP contribution in [0.25, 0.3) is 0 Å². The Morgan fingerprint density at radius 2 is 1.68 bits per heavy atom. The Morgan fingerprint density at radius 3 is 2.36 bits per heavy atom. The Labute approximate surface area is 129 Å². The third-order valence-electron chi connectivity index (χ3n) is 3.70. The second-order valence-corrected chi connectivity index (χ2v) is 5.07. The van der Waals surface area contributed by atoms with Crippen LogP contribution in [0.3, 0.4) is 0 Å². The lowest BCUT2D eigenvalue weighted by atomic mass is 10.1. The number of benzene rings is 1. The average Bonchev–Trinajstić information content (AvgIpc) is 2.77. The average molecular weight is 305 g/mol. The predicted octanol–water partition coefficient (Wildman–Crippen LogP) is 2.17. The van der Waals surface area contributed by atoms with Crippen LogP contribution in [0.5, 0.6) is 0 Å². The van der Waals surface area contributed by atoms with Crippen molar-refractivity contribution in [3.8, 4) is 0 Å². The van der Waals surface area contributed by atoms with Gasteiger partial charge < -0.3 is 14.4 Å². The highest BCUT2D eigenvalue weighted by atomic mass is 16.5. The quantitative estimate of drug-likeness (QED) is 0.800. The molecule has 0 radical (unpaired) electrons. The van der Waals surface area contributed by atoms with Crippen LogP contribution in [0.4, 0.5) is 5.69 Å². The summed E-state index contributed by atoms with van der Waals surface area (Å²) in [5.74, 6) is -1.22. The molecule has 1 aliphatic rings. The van der Waals surface area contributed by atoms with E-state index in [9.17, 15) is 14.4 Å². The highest BCUT2D eigenvalue weighted by molar-refractivity contribution is 6.05. The van der Waals surface area contributed by atoms with Gasteiger partial charge in [0.25, 0.3) is 0 Å². The number of amides is 1. The molecular weight excluding hydrogens is 286 g/mol. The number of carbonyl (C=O) groups excluding carboxylic acids is 3. The molecular formula is C16H19NO5. The molecule has 1 amide bonds. The second kappa shape index (κ2) is 7.06. The molecule has 0 spiro atoms.